The van der Waals surface area contributed by atoms with Crippen LogP contribution in [0.1, 0.15) is 18.4 Å². The van der Waals surface area contributed by atoms with Crippen LogP contribution in [0.25, 0.3) is 6.08 Å². The zero-order valence-corrected chi connectivity index (χ0v) is 16.0. The van der Waals surface area contributed by atoms with E-state index in [1.54, 1.807) is 24.3 Å². The van der Waals surface area contributed by atoms with Crippen molar-refractivity contribution < 1.29 is 18.3 Å². The van der Waals surface area contributed by atoms with Crippen LogP contribution in [-0.4, -0.2) is 50.0 Å². The molecule has 0 aliphatic carbocycles. The summed E-state index contributed by atoms with van der Waals surface area (Å²) in [4.78, 5) is 10.5. The number of halogens is 2. The topological polar surface area (TPSA) is 86.7 Å². The maximum atomic E-state index is 12.5. The van der Waals surface area contributed by atoms with Gasteiger partial charge >= 0.3 is 5.97 Å². The van der Waals surface area contributed by atoms with Crippen LogP contribution in [0, 0.1) is 5.92 Å². The van der Waals surface area contributed by atoms with Gasteiger partial charge in [0.1, 0.15) is 0 Å². The van der Waals surface area contributed by atoms with Crippen LogP contribution in [-0.2, 0) is 14.8 Å². The summed E-state index contributed by atoms with van der Waals surface area (Å²) < 4.78 is 26.4. The van der Waals surface area contributed by atoms with Gasteiger partial charge in [-0.05, 0) is 49.1 Å². The van der Waals surface area contributed by atoms with E-state index >= 15 is 0 Å². The van der Waals surface area contributed by atoms with E-state index in [-0.39, 0.29) is 24.9 Å². The highest BCUT2D eigenvalue weighted by Gasteiger charge is 2.27. The molecule has 0 radical (unpaired) electrons. The van der Waals surface area contributed by atoms with E-state index in [1.807, 2.05) is 0 Å². The average molecular weight is 409 g/mol. The van der Waals surface area contributed by atoms with Crippen LogP contribution in [0.5, 0.6) is 0 Å². The molecule has 1 unspecified atom stereocenters. The molecule has 1 aliphatic heterocycles. The van der Waals surface area contributed by atoms with E-state index in [4.69, 9.17) is 16.7 Å². The summed E-state index contributed by atoms with van der Waals surface area (Å²) in [6.45, 7) is 1.26. The van der Waals surface area contributed by atoms with Crippen LogP contribution in [0.3, 0.4) is 0 Å². The van der Waals surface area contributed by atoms with Crippen molar-refractivity contribution in [3.8, 4) is 0 Å². The molecule has 140 valence electrons. The minimum atomic E-state index is -3.50. The first-order chi connectivity index (χ1) is 11.4. The molecule has 6 nitrogen and oxygen atoms in total. The summed E-state index contributed by atoms with van der Waals surface area (Å²) in [6, 6.07) is 6.97. The van der Waals surface area contributed by atoms with Crippen molar-refractivity contribution in [3.63, 3.8) is 0 Å². The molecular weight excluding hydrogens is 387 g/mol. The van der Waals surface area contributed by atoms with Crippen molar-refractivity contribution in [2.75, 3.05) is 26.2 Å². The maximum Gasteiger partial charge on any atom is 0.317 e. The van der Waals surface area contributed by atoms with E-state index in [9.17, 15) is 13.2 Å². The van der Waals surface area contributed by atoms with Crippen molar-refractivity contribution >= 4 is 46.1 Å². The lowest BCUT2D eigenvalue weighted by molar-refractivity contribution is -0.136. The van der Waals surface area contributed by atoms with Gasteiger partial charge in [-0.15, -0.1) is 12.4 Å². The Bertz CT molecular complexity index is 710. The van der Waals surface area contributed by atoms with Gasteiger partial charge in [-0.25, -0.2) is 8.42 Å². The molecule has 0 aromatic heterocycles. The number of carbonyl (C=O) groups is 1. The Morgan fingerprint density at radius 3 is 2.88 bits per heavy atom. The predicted molar refractivity (Wildman–Crippen MR) is 101 cm³/mol. The lowest BCUT2D eigenvalue weighted by atomic mass is 10.00. The minimum absolute atomic E-state index is 0. The predicted octanol–water partition coefficient (Wildman–Crippen LogP) is 2.45. The second-order valence-corrected chi connectivity index (χ2v) is 8.05. The lowest BCUT2D eigenvalue weighted by Crippen LogP contribution is -2.42. The van der Waals surface area contributed by atoms with Crippen LogP contribution < -0.4 is 5.32 Å². The molecule has 1 aromatic carbocycles. The Morgan fingerprint density at radius 2 is 2.20 bits per heavy atom. The van der Waals surface area contributed by atoms with Gasteiger partial charge < -0.3 is 10.4 Å². The molecule has 0 amide bonds. The summed E-state index contributed by atoms with van der Waals surface area (Å²) in [5, 5.41) is 13.2. The number of hydrogen-bond donors (Lipinski definition) is 2. The molecule has 2 rings (SSSR count). The van der Waals surface area contributed by atoms with Gasteiger partial charge in [0.2, 0.25) is 10.0 Å². The van der Waals surface area contributed by atoms with Crippen molar-refractivity contribution in [1.29, 1.82) is 0 Å². The number of nitrogens with zero attached hydrogens (tertiary/aromatic N) is 1. The van der Waals surface area contributed by atoms with Gasteiger partial charge in [0.15, 0.2) is 0 Å². The molecule has 0 spiro atoms. The Morgan fingerprint density at radius 1 is 1.44 bits per heavy atom. The third-order valence-corrected chi connectivity index (χ3v) is 5.60. The number of carboxylic acids is 1. The third-order valence-electron chi connectivity index (χ3n) is 3.83. The molecule has 9 heteroatoms. The van der Waals surface area contributed by atoms with Gasteiger partial charge in [0, 0.05) is 23.5 Å². The molecule has 25 heavy (non-hydrogen) atoms. The van der Waals surface area contributed by atoms with Crippen LogP contribution in [0.2, 0.25) is 5.02 Å². The summed E-state index contributed by atoms with van der Waals surface area (Å²) in [7, 11) is -3.50. The van der Waals surface area contributed by atoms with Crippen molar-refractivity contribution in [2.24, 2.45) is 5.92 Å². The van der Waals surface area contributed by atoms with E-state index in [0.29, 0.717) is 24.7 Å². The zero-order chi connectivity index (χ0) is 17.6. The Balaban J connectivity index is 0.00000312. The van der Waals surface area contributed by atoms with Gasteiger partial charge in [-0.1, -0.05) is 23.7 Å². The van der Waals surface area contributed by atoms with Crippen molar-refractivity contribution in [2.45, 2.75) is 12.8 Å². The average Bonchev–Trinajstić information content (AvgIpc) is 2.53. The van der Waals surface area contributed by atoms with Crippen LogP contribution in [0.15, 0.2) is 29.7 Å². The van der Waals surface area contributed by atoms with Crippen LogP contribution in [0.4, 0.5) is 0 Å². The number of hydrogen-bond acceptors (Lipinski definition) is 4. The second kappa shape index (κ2) is 10.1. The summed E-state index contributed by atoms with van der Waals surface area (Å²) in [5.74, 6) is -0.799. The fourth-order valence-electron chi connectivity index (χ4n) is 2.67. The Hall–Kier alpha value is -1.12. The fraction of sp³-hybridized carbons (Fsp3) is 0.438. The largest absolute Gasteiger partial charge is 0.480 e. The number of sulfonamides is 1. The number of piperidine rings is 1. The van der Waals surface area contributed by atoms with E-state index in [1.165, 1.54) is 15.8 Å². The number of rotatable bonds is 7. The standard InChI is InChI=1S/C16H21ClN2O4S.ClH/c17-15-5-1-3-13(9-15)6-8-24(22,23)19-7-2-4-14(12-19)10-18-11-16(20)21;/h1,3,5-6,8-9,14,18H,2,4,7,10-12H2,(H,20,21);1H. The number of nitrogens with one attached hydrogen (secondary N) is 1. The number of carboxylic acid groups (broad SMARTS) is 1. The fourth-order valence-corrected chi connectivity index (χ4v) is 4.17. The molecule has 1 fully saturated rings. The molecule has 0 bridgehead atoms. The number of benzene rings is 1. The Kier molecular flexibility index (Phi) is 8.88. The summed E-state index contributed by atoms with van der Waals surface area (Å²) >= 11 is 5.89. The highest BCUT2D eigenvalue weighted by atomic mass is 35.5. The lowest BCUT2D eigenvalue weighted by Gasteiger charge is -2.31. The molecule has 1 saturated heterocycles. The van der Waals surface area contributed by atoms with Gasteiger partial charge in [0.05, 0.1) is 6.54 Å². The monoisotopic (exact) mass is 408 g/mol. The van der Waals surface area contributed by atoms with Crippen LogP contribution >= 0.6 is 24.0 Å². The molecule has 1 atom stereocenters. The first-order valence-electron chi connectivity index (χ1n) is 7.73. The molecule has 2 N–H and O–H groups in total. The molecule has 1 heterocycles. The van der Waals surface area contributed by atoms with Gasteiger partial charge in [0.25, 0.3) is 0 Å². The third kappa shape index (κ3) is 7.33. The first-order valence-corrected chi connectivity index (χ1v) is 9.61. The maximum absolute atomic E-state index is 12.5. The van der Waals surface area contributed by atoms with E-state index < -0.39 is 16.0 Å². The highest BCUT2D eigenvalue weighted by molar-refractivity contribution is 7.92. The first kappa shape index (κ1) is 21.9. The second-order valence-electron chi connectivity index (χ2n) is 5.79. The van der Waals surface area contributed by atoms with E-state index in [0.717, 1.165) is 18.4 Å². The normalized spacial score (nSPS) is 18.8. The van der Waals surface area contributed by atoms with E-state index in [2.05, 4.69) is 5.32 Å². The van der Waals surface area contributed by atoms with Gasteiger partial charge in [-0.3, -0.25) is 4.79 Å². The minimum Gasteiger partial charge on any atom is -0.480 e. The van der Waals surface area contributed by atoms with Crippen molar-refractivity contribution in [1.82, 2.24) is 9.62 Å². The summed E-state index contributed by atoms with van der Waals surface area (Å²) in [6.07, 6.45) is 3.19. The number of aliphatic carboxylic acids is 1. The summed E-state index contributed by atoms with van der Waals surface area (Å²) in [5.41, 5.74) is 0.725. The van der Waals surface area contributed by atoms with Gasteiger partial charge in [-0.2, -0.15) is 4.31 Å². The smallest absolute Gasteiger partial charge is 0.317 e. The van der Waals surface area contributed by atoms with Crippen molar-refractivity contribution in [3.05, 3.63) is 40.3 Å². The molecule has 0 saturated carbocycles. The highest BCUT2D eigenvalue weighted by Crippen LogP contribution is 2.20. The quantitative estimate of drug-likeness (QED) is 0.723. The molecule has 1 aliphatic rings. The Labute approximate surface area is 159 Å². The molecular formula is C16H22Cl2N2O4S. The molecule has 1 aromatic rings. The SMILES string of the molecule is Cl.O=C(O)CNCC1CCCN(S(=O)(=O)C=Cc2cccc(Cl)c2)C1. The zero-order valence-electron chi connectivity index (χ0n) is 13.6.